The maximum Gasteiger partial charge on any atom is 0.236 e. The first-order valence-electron chi connectivity index (χ1n) is 10.1. The molecule has 0 saturated carbocycles. The molecule has 32 heavy (non-hydrogen) atoms. The first kappa shape index (κ1) is 24.4. The number of benzene rings is 2. The van der Waals surface area contributed by atoms with Crippen LogP contribution in [0.1, 0.15) is 24.5 Å². The highest BCUT2D eigenvalue weighted by atomic mass is 16.3. The van der Waals surface area contributed by atoms with Crippen molar-refractivity contribution < 1.29 is 29.4 Å². The molecule has 0 unspecified atom stereocenters. The fourth-order valence-corrected chi connectivity index (χ4v) is 3.24. The van der Waals surface area contributed by atoms with Crippen LogP contribution in [0.4, 0.5) is 0 Å². The summed E-state index contributed by atoms with van der Waals surface area (Å²) < 4.78 is 0. The summed E-state index contributed by atoms with van der Waals surface area (Å²) in [5.74, 6) is -2.65. The van der Waals surface area contributed by atoms with Gasteiger partial charge in [0.25, 0.3) is 0 Å². The zero-order chi connectivity index (χ0) is 23.7. The predicted molar refractivity (Wildman–Crippen MR) is 117 cm³/mol. The second-order valence-corrected chi connectivity index (χ2v) is 7.55. The third-order valence-corrected chi connectivity index (χ3v) is 4.82. The molecule has 0 bridgehead atoms. The molecule has 2 rings (SSSR count). The van der Waals surface area contributed by atoms with Gasteiger partial charge in [-0.2, -0.15) is 0 Å². The third-order valence-electron chi connectivity index (χ3n) is 4.82. The summed E-state index contributed by atoms with van der Waals surface area (Å²) >= 11 is 0. The van der Waals surface area contributed by atoms with E-state index in [9.17, 15) is 29.4 Å². The van der Waals surface area contributed by atoms with E-state index in [1.807, 2.05) is 0 Å². The minimum Gasteiger partial charge on any atom is -0.508 e. The molecule has 0 fully saturated rings. The number of amides is 3. The summed E-state index contributed by atoms with van der Waals surface area (Å²) in [7, 11) is 0. The number of hydrogen-bond acceptors (Lipinski definition) is 6. The first-order valence-corrected chi connectivity index (χ1v) is 10.1. The van der Waals surface area contributed by atoms with Crippen molar-refractivity contribution >= 4 is 23.5 Å². The molecule has 2 atom stereocenters. The van der Waals surface area contributed by atoms with Gasteiger partial charge in [0.15, 0.2) is 5.78 Å². The summed E-state index contributed by atoms with van der Waals surface area (Å²) in [5, 5.41) is 24.0. The van der Waals surface area contributed by atoms with Crippen molar-refractivity contribution in [3.63, 3.8) is 0 Å². The molecule has 9 nitrogen and oxygen atoms in total. The minimum absolute atomic E-state index is 0.0687. The number of aromatic hydroxyl groups is 2. The average molecular weight is 441 g/mol. The molecule has 0 radical (unpaired) electrons. The van der Waals surface area contributed by atoms with Gasteiger partial charge in [-0.05, 0) is 48.2 Å². The zero-order valence-corrected chi connectivity index (χ0v) is 17.7. The van der Waals surface area contributed by atoms with Crippen LogP contribution in [0.3, 0.4) is 0 Å². The van der Waals surface area contributed by atoms with Crippen LogP contribution in [0, 0.1) is 5.92 Å². The molecule has 2 aromatic rings. The molecule has 0 spiro atoms. The second-order valence-electron chi connectivity index (χ2n) is 7.55. The number of hydrogen-bond donors (Lipinski definition) is 5. The molecule has 0 saturated heterocycles. The van der Waals surface area contributed by atoms with Gasteiger partial charge in [0.2, 0.25) is 17.7 Å². The molecule has 9 heteroatoms. The van der Waals surface area contributed by atoms with E-state index in [-0.39, 0.29) is 43.1 Å². The summed E-state index contributed by atoms with van der Waals surface area (Å²) in [6, 6.07) is 11.6. The van der Waals surface area contributed by atoms with E-state index in [1.54, 1.807) is 24.3 Å². The Morgan fingerprint density at radius 1 is 0.875 bits per heavy atom. The molecule has 0 aliphatic heterocycles. The molecule has 0 aliphatic rings. The fourth-order valence-electron chi connectivity index (χ4n) is 3.24. The summed E-state index contributed by atoms with van der Waals surface area (Å²) in [6.07, 6.45) is 0.185. The Labute approximate surface area is 185 Å². The Hall–Kier alpha value is -3.88. The maximum absolute atomic E-state index is 13.1. The van der Waals surface area contributed by atoms with Gasteiger partial charge in [-0.15, -0.1) is 0 Å². The van der Waals surface area contributed by atoms with Crippen molar-refractivity contribution in [2.45, 2.75) is 32.2 Å². The highest BCUT2D eigenvalue weighted by Gasteiger charge is 2.28. The highest BCUT2D eigenvalue weighted by molar-refractivity contribution is 5.93. The third kappa shape index (κ3) is 8.10. The van der Waals surface area contributed by atoms with Crippen LogP contribution in [-0.4, -0.2) is 46.3 Å². The van der Waals surface area contributed by atoms with Gasteiger partial charge in [0.05, 0.1) is 12.6 Å². The van der Waals surface area contributed by atoms with Crippen molar-refractivity contribution in [3.05, 3.63) is 59.7 Å². The van der Waals surface area contributed by atoms with Crippen LogP contribution < -0.4 is 16.4 Å². The number of ketones is 1. The molecular weight excluding hydrogens is 414 g/mol. The van der Waals surface area contributed by atoms with Crippen LogP contribution in [0.2, 0.25) is 0 Å². The standard InChI is InChI=1S/C23H27N3O6/c1-14(27)26-20(11-16-4-8-19(29)9-5-16)21(30)12-17(23(32)25-13-22(24)31)10-15-2-6-18(28)7-3-15/h2-9,17,20,28-29H,10-13H2,1H3,(H2,24,31)(H,25,32)(H,26,27)/t17-,20+/m1/s1. The molecule has 0 aliphatic carbocycles. The quantitative estimate of drug-likeness (QED) is 0.343. The van der Waals surface area contributed by atoms with Crippen molar-refractivity contribution in [2.24, 2.45) is 11.7 Å². The van der Waals surface area contributed by atoms with Crippen molar-refractivity contribution in [2.75, 3.05) is 6.54 Å². The van der Waals surface area contributed by atoms with Crippen LogP contribution in [0.5, 0.6) is 11.5 Å². The van der Waals surface area contributed by atoms with Crippen LogP contribution in [0.15, 0.2) is 48.5 Å². The number of phenolic OH excluding ortho intramolecular Hbond substituents is 2. The smallest absolute Gasteiger partial charge is 0.236 e. The van der Waals surface area contributed by atoms with Gasteiger partial charge in [-0.25, -0.2) is 0 Å². The number of nitrogens with two attached hydrogens (primary N) is 1. The fraction of sp³-hybridized carbons (Fsp3) is 0.304. The Bertz CT molecular complexity index is 957. The van der Waals surface area contributed by atoms with E-state index in [4.69, 9.17) is 5.73 Å². The van der Waals surface area contributed by atoms with Gasteiger partial charge in [-0.3, -0.25) is 19.2 Å². The largest absolute Gasteiger partial charge is 0.508 e. The lowest BCUT2D eigenvalue weighted by Crippen LogP contribution is -2.44. The molecule has 170 valence electrons. The van der Waals surface area contributed by atoms with E-state index in [0.717, 1.165) is 5.56 Å². The van der Waals surface area contributed by atoms with E-state index in [1.165, 1.54) is 31.2 Å². The van der Waals surface area contributed by atoms with Gasteiger partial charge in [-0.1, -0.05) is 24.3 Å². The number of carbonyl (C=O) groups excluding carboxylic acids is 4. The average Bonchev–Trinajstić information content (AvgIpc) is 2.73. The Kier molecular flexibility index (Phi) is 8.76. The number of Topliss-reactive ketones (excluding diaryl/α,β-unsaturated/α-hetero) is 1. The number of carbonyl (C=O) groups is 4. The van der Waals surface area contributed by atoms with Crippen molar-refractivity contribution in [3.8, 4) is 11.5 Å². The lowest BCUT2D eigenvalue weighted by atomic mass is 9.89. The van der Waals surface area contributed by atoms with E-state index >= 15 is 0 Å². The lowest BCUT2D eigenvalue weighted by molar-refractivity contribution is -0.132. The van der Waals surface area contributed by atoms with E-state index < -0.39 is 29.7 Å². The second kappa shape index (κ2) is 11.5. The molecule has 6 N–H and O–H groups in total. The summed E-state index contributed by atoms with van der Waals surface area (Å²) in [4.78, 5) is 48.4. The maximum atomic E-state index is 13.1. The normalized spacial score (nSPS) is 12.4. The van der Waals surface area contributed by atoms with Gasteiger partial charge in [0, 0.05) is 19.3 Å². The van der Waals surface area contributed by atoms with E-state index in [2.05, 4.69) is 10.6 Å². The van der Waals surface area contributed by atoms with Gasteiger partial charge >= 0.3 is 0 Å². The zero-order valence-electron chi connectivity index (χ0n) is 17.7. The van der Waals surface area contributed by atoms with Crippen LogP contribution >= 0.6 is 0 Å². The number of nitrogens with one attached hydrogen (secondary N) is 2. The predicted octanol–water partition coefficient (Wildman–Crippen LogP) is 0.565. The number of phenols is 2. The monoisotopic (exact) mass is 441 g/mol. The van der Waals surface area contributed by atoms with Crippen LogP contribution in [0.25, 0.3) is 0 Å². The van der Waals surface area contributed by atoms with Gasteiger partial charge < -0.3 is 26.6 Å². The van der Waals surface area contributed by atoms with Crippen molar-refractivity contribution in [1.82, 2.24) is 10.6 Å². The number of primary amides is 1. The topological polar surface area (TPSA) is 159 Å². The SMILES string of the molecule is CC(=O)N[C@@H](Cc1ccc(O)cc1)C(=O)C[C@@H](Cc1ccc(O)cc1)C(=O)NCC(N)=O. The highest BCUT2D eigenvalue weighted by Crippen LogP contribution is 2.19. The molecule has 0 heterocycles. The Morgan fingerprint density at radius 2 is 1.38 bits per heavy atom. The van der Waals surface area contributed by atoms with E-state index in [0.29, 0.717) is 5.56 Å². The van der Waals surface area contributed by atoms with Crippen LogP contribution in [-0.2, 0) is 32.0 Å². The molecular formula is C23H27N3O6. The first-order chi connectivity index (χ1) is 15.1. The summed E-state index contributed by atoms with van der Waals surface area (Å²) in [6.45, 7) is 0.937. The molecule has 0 aromatic heterocycles. The molecule has 2 aromatic carbocycles. The van der Waals surface area contributed by atoms with Gasteiger partial charge in [0.1, 0.15) is 11.5 Å². The molecule has 3 amide bonds. The summed E-state index contributed by atoms with van der Waals surface area (Å²) in [5.41, 5.74) is 6.53. The number of rotatable bonds is 11. The Morgan fingerprint density at radius 3 is 1.84 bits per heavy atom. The minimum atomic E-state index is -0.872. The lowest BCUT2D eigenvalue weighted by Gasteiger charge is -2.21. The van der Waals surface area contributed by atoms with Crippen molar-refractivity contribution in [1.29, 1.82) is 0 Å². The Balaban J connectivity index is 2.19.